The number of nitrogens with zero attached hydrogens (tertiary/aromatic N) is 1. The summed E-state index contributed by atoms with van der Waals surface area (Å²) in [5.41, 5.74) is 0.266. The summed E-state index contributed by atoms with van der Waals surface area (Å²) < 4.78 is 68.2. The van der Waals surface area contributed by atoms with Crippen molar-refractivity contribution in [3.05, 3.63) is 68.2 Å². The second-order valence-electron chi connectivity index (χ2n) is 7.59. The van der Waals surface area contributed by atoms with E-state index in [1.165, 1.54) is 7.11 Å². The Kier molecular flexibility index (Phi) is 5.54. The first-order valence-corrected chi connectivity index (χ1v) is 9.83. The van der Waals surface area contributed by atoms with Gasteiger partial charge in [0.25, 0.3) is 5.92 Å². The van der Waals surface area contributed by atoms with E-state index in [0.29, 0.717) is 0 Å². The highest BCUT2D eigenvalue weighted by Gasteiger charge is 2.52. The van der Waals surface area contributed by atoms with Gasteiger partial charge in [-0.3, -0.25) is 4.79 Å². The molecular weight excluding hydrogens is 438 g/mol. The number of alkyl halides is 2. The molecule has 0 aliphatic heterocycles. The van der Waals surface area contributed by atoms with Gasteiger partial charge in [-0.2, -0.15) is 5.26 Å². The Labute approximate surface area is 180 Å². The molecule has 0 unspecified atom stereocenters. The van der Waals surface area contributed by atoms with Gasteiger partial charge in [0.05, 0.1) is 16.7 Å². The van der Waals surface area contributed by atoms with Gasteiger partial charge in [-0.25, -0.2) is 17.6 Å². The van der Waals surface area contributed by atoms with Gasteiger partial charge >= 0.3 is 0 Å². The van der Waals surface area contributed by atoms with Crippen LogP contribution in [0.15, 0.2) is 18.2 Å². The molecule has 0 aromatic heterocycles. The van der Waals surface area contributed by atoms with Crippen molar-refractivity contribution in [3.8, 4) is 6.07 Å². The number of carbonyl (C=O) groups is 1. The largest absolute Gasteiger partial charge is 0.359 e. The monoisotopic (exact) mass is 453 g/mol. The van der Waals surface area contributed by atoms with Gasteiger partial charge in [0.15, 0.2) is 11.9 Å². The van der Waals surface area contributed by atoms with Crippen LogP contribution in [0.5, 0.6) is 0 Å². The molecular formula is C22H16ClF4NO3. The van der Waals surface area contributed by atoms with Gasteiger partial charge in [0.2, 0.25) is 0 Å². The van der Waals surface area contributed by atoms with Crippen LogP contribution in [0.1, 0.15) is 63.0 Å². The number of hydrogen-bond donors (Lipinski definition) is 0. The van der Waals surface area contributed by atoms with Gasteiger partial charge in [-0.1, -0.05) is 11.6 Å². The smallest absolute Gasteiger partial charge is 0.282 e. The molecule has 0 amide bonds. The summed E-state index contributed by atoms with van der Waals surface area (Å²) in [6.07, 6.45) is -2.40. The molecule has 0 N–H and O–H groups in total. The fraction of sp³-hybridized carbons (Fsp3) is 0.364. The normalized spacial score (nSPS) is 21.5. The number of fused-ring (bicyclic) bond motifs is 2. The second-order valence-corrected chi connectivity index (χ2v) is 7.96. The van der Waals surface area contributed by atoms with Crippen molar-refractivity contribution in [2.45, 2.75) is 37.2 Å². The zero-order valence-electron chi connectivity index (χ0n) is 16.3. The van der Waals surface area contributed by atoms with Crippen molar-refractivity contribution < 1.29 is 31.8 Å². The summed E-state index contributed by atoms with van der Waals surface area (Å²) in [7, 11) is 1.27. The Morgan fingerprint density at radius 3 is 2.68 bits per heavy atom. The first-order chi connectivity index (χ1) is 14.7. The zero-order chi connectivity index (χ0) is 22.5. The lowest BCUT2D eigenvalue weighted by Gasteiger charge is -2.28. The highest BCUT2D eigenvalue weighted by molar-refractivity contribution is 6.31. The quantitative estimate of drug-likeness (QED) is 0.456. The Morgan fingerprint density at radius 2 is 2.00 bits per heavy atom. The van der Waals surface area contributed by atoms with Crippen LogP contribution in [0, 0.1) is 23.0 Å². The van der Waals surface area contributed by atoms with E-state index in [-0.39, 0.29) is 52.0 Å². The van der Waals surface area contributed by atoms with Crippen LogP contribution < -0.4 is 0 Å². The highest BCUT2D eigenvalue weighted by Crippen LogP contribution is 2.53. The van der Waals surface area contributed by atoms with E-state index in [2.05, 4.69) is 0 Å². The van der Waals surface area contributed by atoms with E-state index in [4.69, 9.17) is 21.1 Å². The van der Waals surface area contributed by atoms with Crippen molar-refractivity contribution in [3.63, 3.8) is 0 Å². The van der Waals surface area contributed by atoms with E-state index in [9.17, 15) is 27.6 Å². The molecule has 2 aromatic rings. The van der Waals surface area contributed by atoms with Crippen LogP contribution >= 0.6 is 11.6 Å². The first kappa shape index (κ1) is 21.8. The molecule has 0 bridgehead atoms. The number of halogens is 5. The number of hydrogen-bond acceptors (Lipinski definition) is 4. The van der Waals surface area contributed by atoms with Crippen LogP contribution in [-0.2, 0) is 15.9 Å². The standard InChI is InChI=1S/C22H16ClF4NO3/c1-30-9-31-21-19-15(7-22(21,26)27)13(6-16(25)20(19)23)12-2-3-17(29)14-5-11(24)4-10(8-28)18(12)14/h4-6,12,21H,2-3,7,9H2,1H3/t12-,21+/m1/s1. The Balaban J connectivity index is 1.95. The minimum absolute atomic E-state index is 0.00496. The number of carbonyl (C=O) groups excluding carboxylic acids is 1. The van der Waals surface area contributed by atoms with Crippen LogP contribution in [0.3, 0.4) is 0 Å². The van der Waals surface area contributed by atoms with Gasteiger partial charge in [-0.15, -0.1) is 0 Å². The maximum absolute atomic E-state index is 14.8. The van der Waals surface area contributed by atoms with Crippen LogP contribution in [-0.4, -0.2) is 25.6 Å². The van der Waals surface area contributed by atoms with Crippen molar-refractivity contribution in [1.82, 2.24) is 0 Å². The molecule has 4 rings (SSSR count). The minimum atomic E-state index is -3.37. The highest BCUT2D eigenvalue weighted by atomic mass is 35.5. The van der Waals surface area contributed by atoms with Crippen molar-refractivity contribution in [2.75, 3.05) is 13.9 Å². The average Bonchev–Trinajstić information content (AvgIpc) is 3.00. The lowest BCUT2D eigenvalue weighted by atomic mass is 9.74. The number of rotatable bonds is 4. The molecule has 2 aliphatic carbocycles. The molecule has 0 heterocycles. The van der Waals surface area contributed by atoms with Gasteiger partial charge < -0.3 is 9.47 Å². The first-order valence-electron chi connectivity index (χ1n) is 9.45. The topological polar surface area (TPSA) is 59.3 Å². The molecule has 162 valence electrons. The molecule has 4 nitrogen and oxygen atoms in total. The molecule has 0 saturated carbocycles. The maximum atomic E-state index is 14.8. The van der Waals surface area contributed by atoms with Crippen LogP contribution in [0.25, 0.3) is 0 Å². The van der Waals surface area contributed by atoms with E-state index >= 15 is 0 Å². The summed E-state index contributed by atoms with van der Waals surface area (Å²) >= 11 is 6.07. The van der Waals surface area contributed by atoms with E-state index in [1.54, 1.807) is 0 Å². The molecule has 31 heavy (non-hydrogen) atoms. The van der Waals surface area contributed by atoms with E-state index in [0.717, 1.165) is 18.2 Å². The SMILES string of the molecule is COCO[C@H]1c2c(Cl)c(F)cc([C@H]3CCC(=O)c4cc(F)cc(C#N)c43)c2CC1(F)F. The number of ether oxygens (including phenoxy) is 2. The molecule has 0 radical (unpaired) electrons. The summed E-state index contributed by atoms with van der Waals surface area (Å²) in [5.74, 6) is -6.16. The van der Waals surface area contributed by atoms with Gasteiger partial charge in [0.1, 0.15) is 18.4 Å². The molecule has 2 aromatic carbocycles. The number of ketones is 1. The van der Waals surface area contributed by atoms with Crippen molar-refractivity contribution in [1.29, 1.82) is 5.26 Å². The summed E-state index contributed by atoms with van der Waals surface area (Å²) in [5, 5.41) is 9.04. The van der Waals surface area contributed by atoms with Crippen LogP contribution in [0.2, 0.25) is 5.02 Å². The van der Waals surface area contributed by atoms with Gasteiger partial charge in [0, 0.05) is 37.0 Å². The third-order valence-corrected chi connectivity index (χ3v) is 6.15. The second kappa shape index (κ2) is 7.90. The van der Waals surface area contributed by atoms with Crippen molar-refractivity contribution in [2.24, 2.45) is 0 Å². The fourth-order valence-electron chi connectivity index (χ4n) is 4.55. The van der Waals surface area contributed by atoms with E-state index < -0.39 is 47.8 Å². The number of nitriles is 1. The average molecular weight is 454 g/mol. The summed E-state index contributed by atoms with van der Waals surface area (Å²) in [4.78, 5) is 12.4. The number of methoxy groups -OCH3 is 1. The molecule has 2 aliphatic rings. The van der Waals surface area contributed by atoms with E-state index in [1.807, 2.05) is 6.07 Å². The predicted molar refractivity (Wildman–Crippen MR) is 102 cm³/mol. The Bertz CT molecular complexity index is 1130. The third kappa shape index (κ3) is 3.51. The molecule has 9 heteroatoms. The third-order valence-electron chi connectivity index (χ3n) is 5.76. The summed E-state index contributed by atoms with van der Waals surface area (Å²) in [6, 6.07) is 4.93. The lowest BCUT2D eigenvalue weighted by molar-refractivity contribution is -0.169. The van der Waals surface area contributed by atoms with Crippen molar-refractivity contribution >= 4 is 17.4 Å². The molecule has 0 fully saturated rings. The molecule has 0 spiro atoms. The number of Topliss-reactive ketones (excluding diaryl/α,β-unsaturated/α-hetero) is 1. The fourth-order valence-corrected chi connectivity index (χ4v) is 4.82. The van der Waals surface area contributed by atoms with Crippen LogP contribution in [0.4, 0.5) is 17.6 Å². The van der Waals surface area contributed by atoms with Gasteiger partial charge in [-0.05, 0) is 41.3 Å². The number of benzene rings is 2. The minimum Gasteiger partial charge on any atom is -0.359 e. The maximum Gasteiger partial charge on any atom is 0.282 e. The zero-order valence-corrected chi connectivity index (χ0v) is 17.0. The predicted octanol–water partition coefficient (Wildman–Crippen LogP) is 5.45. The Morgan fingerprint density at radius 1 is 1.26 bits per heavy atom. The molecule has 0 saturated heterocycles. The lowest BCUT2D eigenvalue weighted by Crippen LogP contribution is -2.25. The molecule has 2 atom stereocenters. The Hall–Kier alpha value is -2.47. The summed E-state index contributed by atoms with van der Waals surface area (Å²) in [6.45, 7) is -0.444.